The summed E-state index contributed by atoms with van der Waals surface area (Å²) in [5.74, 6) is -17.1. The number of rotatable bonds is 4. The Morgan fingerprint density at radius 1 is 0.562 bits per heavy atom. The molecule has 0 unspecified atom stereocenters. The van der Waals surface area contributed by atoms with Crippen molar-refractivity contribution in [2.75, 3.05) is 0 Å². The lowest BCUT2D eigenvalue weighted by Gasteiger charge is -2.39. The number of hydrogen-bond donors (Lipinski definition) is 1. The SMILES string of the molecule is O=C(O)OS(c1c(F)cc(F)cc1F)(c1c(F)cc(F)cc1F)c1c(F)cc(F)cc1F. The zero-order valence-electron chi connectivity index (χ0n) is 15.0. The summed E-state index contributed by atoms with van der Waals surface area (Å²) >= 11 is 0. The first-order valence-corrected chi connectivity index (χ1v) is 9.63. The number of benzene rings is 3. The van der Waals surface area contributed by atoms with E-state index in [9.17, 15) is 49.4 Å². The van der Waals surface area contributed by atoms with Crippen LogP contribution in [0.15, 0.2) is 51.1 Å². The molecule has 3 aromatic rings. The summed E-state index contributed by atoms with van der Waals surface area (Å²) in [4.78, 5) is 6.06. The molecular formula is C19H7F9O3S. The van der Waals surface area contributed by atoms with Crippen LogP contribution in [0.3, 0.4) is 0 Å². The fourth-order valence-electron chi connectivity index (χ4n) is 2.95. The Hall–Kier alpha value is -3.35. The molecule has 0 radical (unpaired) electrons. The van der Waals surface area contributed by atoms with E-state index in [0.29, 0.717) is 0 Å². The number of carboxylic acid groups (broad SMARTS) is 1. The highest BCUT2D eigenvalue weighted by atomic mass is 32.3. The van der Waals surface area contributed by atoms with Crippen LogP contribution in [0.2, 0.25) is 0 Å². The van der Waals surface area contributed by atoms with E-state index in [2.05, 4.69) is 4.18 Å². The molecule has 0 saturated heterocycles. The van der Waals surface area contributed by atoms with Gasteiger partial charge in [0.05, 0.1) is 0 Å². The summed E-state index contributed by atoms with van der Waals surface area (Å²) in [5, 5.41) is 9.18. The Morgan fingerprint density at radius 2 is 0.781 bits per heavy atom. The molecule has 0 aliphatic heterocycles. The Bertz CT molecular complexity index is 1040. The smallest absolute Gasteiger partial charge is 0.449 e. The minimum atomic E-state index is -5.32. The van der Waals surface area contributed by atoms with Gasteiger partial charge in [-0.1, -0.05) is 0 Å². The van der Waals surface area contributed by atoms with E-state index in [1.54, 1.807) is 0 Å². The van der Waals surface area contributed by atoms with Crippen LogP contribution in [-0.2, 0) is 4.18 Å². The average Bonchev–Trinajstić information content (AvgIpc) is 2.57. The normalized spacial score (nSPS) is 12.0. The van der Waals surface area contributed by atoms with Crippen molar-refractivity contribution in [3.8, 4) is 0 Å². The van der Waals surface area contributed by atoms with Gasteiger partial charge in [-0.2, -0.15) is 0 Å². The van der Waals surface area contributed by atoms with Gasteiger partial charge in [-0.25, -0.2) is 44.3 Å². The molecule has 0 atom stereocenters. The maximum Gasteiger partial charge on any atom is 0.517 e. The molecule has 3 nitrogen and oxygen atoms in total. The van der Waals surface area contributed by atoms with Crippen molar-refractivity contribution in [2.24, 2.45) is 0 Å². The quantitative estimate of drug-likeness (QED) is 0.412. The standard InChI is InChI=1S/C19H7F9O3S/c20-7-1-10(23)16(11(24)2-7)32(31-19(29)30,17-12(25)3-8(21)4-13(17)26)18-14(27)5-9(22)6-15(18)28/h1-6H,(H,29,30). The van der Waals surface area contributed by atoms with Crippen molar-refractivity contribution >= 4 is 16.5 Å². The van der Waals surface area contributed by atoms with Gasteiger partial charge in [0.25, 0.3) is 0 Å². The Morgan fingerprint density at radius 3 is 0.969 bits per heavy atom. The van der Waals surface area contributed by atoms with Crippen LogP contribution >= 0.6 is 10.3 Å². The molecule has 3 aromatic carbocycles. The first kappa shape index (κ1) is 23.3. The molecule has 0 bridgehead atoms. The molecule has 3 rings (SSSR count). The van der Waals surface area contributed by atoms with Gasteiger partial charge in [0, 0.05) is 46.7 Å². The molecule has 0 aromatic heterocycles. The minimum Gasteiger partial charge on any atom is -0.449 e. The van der Waals surface area contributed by atoms with Gasteiger partial charge in [-0.3, -0.25) is 0 Å². The lowest BCUT2D eigenvalue weighted by Crippen LogP contribution is -2.20. The highest BCUT2D eigenvalue weighted by molar-refractivity contribution is 8.30. The van der Waals surface area contributed by atoms with Crippen LogP contribution < -0.4 is 0 Å². The molecule has 0 fully saturated rings. The summed E-state index contributed by atoms with van der Waals surface area (Å²) in [6, 6.07) is -0.476. The number of halogens is 9. The Balaban J connectivity index is 2.67. The molecule has 0 saturated carbocycles. The maximum absolute atomic E-state index is 14.7. The second-order valence-electron chi connectivity index (χ2n) is 6.00. The van der Waals surface area contributed by atoms with E-state index < -0.39 is 83.5 Å². The number of carbonyl (C=O) groups is 1. The predicted molar refractivity (Wildman–Crippen MR) is 90.4 cm³/mol. The maximum atomic E-state index is 14.7. The molecular weight excluding hydrogens is 479 g/mol. The highest BCUT2D eigenvalue weighted by Gasteiger charge is 2.48. The highest BCUT2D eigenvalue weighted by Crippen LogP contribution is 2.72. The van der Waals surface area contributed by atoms with Crippen LogP contribution in [0.4, 0.5) is 44.3 Å². The van der Waals surface area contributed by atoms with Gasteiger partial charge in [0.15, 0.2) is 0 Å². The molecule has 0 aliphatic rings. The molecule has 1 N–H and O–H groups in total. The molecule has 170 valence electrons. The van der Waals surface area contributed by atoms with Crippen molar-refractivity contribution in [1.82, 2.24) is 0 Å². The summed E-state index contributed by atoms with van der Waals surface area (Å²) in [5.41, 5.74) is 0. The van der Waals surface area contributed by atoms with Crippen molar-refractivity contribution in [3.05, 3.63) is 88.8 Å². The van der Waals surface area contributed by atoms with Crippen LogP contribution in [0, 0.1) is 52.4 Å². The van der Waals surface area contributed by atoms with Gasteiger partial charge in [0.2, 0.25) is 0 Å². The van der Waals surface area contributed by atoms with Crippen LogP contribution in [0.25, 0.3) is 0 Å². The van der Waals surface area contributed by atoms with E-state index in [1.807, 2.05) is 0 Å². The lowest BCUT2D eigenvalue weighted by molar-refractivity contribution is 0.149. The second kappa shape index (κ2) is 8.30. The Kier molecular flexibility index (Phi) is 6.05. The van der Waals surface area contributed by atoms with Gasteiger partial charge in [-0.15, -0.1) is 0 Å². The van der Waals surface area contributed by atoms with Gasteiger partial charge in [0.1, 0.15) is 67.0 Å². The molecule has 0 amide bonds. The second-order valence-corrected chi connectivity index (χ2v) is 8.50. The zero-order valence-corrected chi connectivity index (χ0v) is 15.9. The van der Waals surface area contributed by atoms with Crippen molar-refractivity contribution in [1.29, 1.82) is 0 Å². The average molecular weight is 486 g/mol. The zero-order chi connectivity index (χ0) is 24.0. The molecule has 0 aliphatic carbocycles. The van der Waals surface area contributed by atoms with Crippen molar-refractivity contribution in [2.45, 2.75) is 14.7 Å². The fourth-order valence-corrected chi connectivity index (χ4v) is 6.03. The number of hydrogen-bond acceptors (Lipinski definition) is 2. The van der Waals surface area contributed by atoms with Gasteiger partial charge >= 0.3 is 6.16 Å². The van der Waals surface area contributed by atoms with E-state index >= 15 is 0 Å². The van der Waals surface area contributed by atoms with E-state index in [-0.39, 0.29) is 36.4 Å². The first-order valence-electron chi connectivity index (χ1n) is 8.08. The van der Waals surface area contributed by atoms with Gasteiger partial charge < -0.3 is 9.29 Å². The van der Waals surface area contributed by atoms with Crippen LogP contribution in [-0.4, -0.2) is 11.3 Å². The summed E-state index contributed by atoms with van der Waals surface area (Å²) in [6.07, 6.45) is -2.53. The molecule has 0 spiro atoms. The topological polar surface area (TPSA) is 46.5 Å². The Labute approximate surface area is 174 Å². The minimum absolute atomic E-state index is 0.0793. The third-order valence-electron chi connectivity index (χ3n) is 3.95. The van der Waals surface area contributed by atoms with Crippen molar-refractivity contribution in [3.63, 3.8) is 0 Å². The summed E-state index contributed by atoms with van der Waals surface area (Å²) in [6.45, 7) is 0. The van der Waals surface area contributed by atoms with E-state index in [0.717, 1.165) is 0 Å². The molecule has 0 heterocycles. The van der Waals surface area contributed by atoms with Crippen molar-refractivity contribution < 1.29 is 53.6 Å². The predicted octanol–water partition coefficient (Wildman–Crippen LogP) is 6.83. The van der Waals surface area contributed by atoms with E-state index in [4.69, 9.17) is 0 Å². The molecule has 13 heteroatoms. The largest absolute Gasteiger partial charge is 0.517 e. The third kappa shape index (κ3) is 3.83. The van der Waals surface area contributed by atoms with Crippen LogP contribution in [0.5, 0.6) is 0 Å². The van der Waals surface area contributed by atoms with Gasteiger partial charge in [-0.05, 0) is 0 Å². The summed E-state index contributed by atoms with van der Waals surface area (Å²) in [7, 11) is -5.32. The monoisotopic (exact) mass is 486 g/mol. The third-order valence-corrected chi connectivity index (χ3v) is 7.24. The first-order chi connectivity index (χ1) is 14.9. The fraction of sp³-hybridized carbons (Fsp3) is 0. The molecule has 32 heavy (non-hydrogen) atoms. The van der Waals surface area contributed by atoms with Crippen LogP contribution in [0.1, 0.15) is 0 Å². The summed E-state index contributed by atoms with van der Waals surface area (Å²) < 4.78 is 133. The lowest BCUT2D eigenvalue weighted by atomic mass is 10.3. The van der Waals surface area contributed by atoms with E-state index in [1.165, 1.54) is 0 Å².